The van der Waals surface area contributed by atoms with Crippen LogP contribution in [0.4, 0.5) is 0 Å². The Hall–Kier alpha value is -2.47. The van der Waals surface area contributed by atoms with E-state index in [0.717, 1.165) is 5.56 Å². The lowest BCUT2D eigenvalue weighted by Gasteiger charge is -2.26. The molecule has 0 bridgehead atoms. The first kappa shape index (κ1) is 15.6. The fourth-order valence-electron chi connectivity index (χ4n) is 1.43. The highest BCUT2D eigenvalue weighted by Gasteiger charge is 2.21. The van der Waals surface area contributed by atoms with E-state index >= 15 is 0 Å². The number of rotatable bonds is 5. The predicted octanol–water partition coefficient (Wildman–Crippen LogP) is 1.27. The Labute approximate surface area is 116 Å². The standard InChI is InChI=1S/C14H16N2O4/c1-2-13(18)16(20)15(10-11-17)14(19)9-8-12-6-4-3-5-7-12/h3-9,11,20H,2,10H2,1H3. The van der Waals surface area contributed by atoms with Crippen LogP contribution in [0.5, 0.6) is 0 Å². The van der Waals surface area contributed by atoms with Crippen molar-refractivity contribution in [2.24, 2.45) is 0 Å². The largest absolute Gasteiger partial charge is 0.301 e. The van der Waals surface area contributed by atoms with Crippen molar-refractivity contribution < 1.29 is 19.6 Å². The summed E-state index contributed by atoms with van der Waals surface area (Å²) in [6.45, 7) is 1.13. The van der Waals surface area contributed by atoms with Crippen molar-refractivity contribution >= 4 is 24.2 Å². The summed E-state index contributed by atoms with van der Waals surface area (Å²) in [6.07, 6.45) is 3.16. The molecule has 0 heterocycles. The van der Waals surface area contributed by atoms with Gasteiger partial charge in [-0.25, -0.2) is 5.01 Å². The number of aldehydes is 1. The number of hydrogen-bond acceptors (Lipinski definition) is 4. The van der Waals surface area contributed by atoms with Gasteiger partial charge in [0, 0.05) is 12.5 Å². The van der Waals surface area contributed by atoms with Crippen molar-refractivity contribution in [2.45, 2.75) is 13.3 Å². The molecule has 0 radical (unpaired) electrons. The van der Waals surface area contributed by atoms with Crippen LogP contribution in [-0.2, 0) is 14.4 Å². The van der Waals surface area contributed by atoms with Gasteiger partial charge in [-0.2, -0.15) is 0 Å². The monoisotopic (exact) mass is 276 g/mol. The molecule has 20 heavy (non-hydrogen) atoms. The number of hydrazine groups is 1. The van der Waals surface area contributed by atoms with Crippen LogP contribution < -0.4 is 0 Å². The highest BCUT2D eigenvalue weighted by Crippen LogP contribution is 2.04. The summed E-state index contributed by atoms with van der Waals surface area (Å²) in [5.41, 5.74) is 0.790. The van der Waals surface area contributed by atoms with Gasteiger partial charge in [0.25, 0.3) is 11.8 Å². The van der Waals surface area contributed by atoms with E-state index in [1.807, 2.05) is 18.2 Å². The Kier molecular flexibility index (Phi) is 6.12. The van der Waals surface area contributed by atoms with E-state index in [-0.39, 0.29) is 11.6 Å². The molecule has 6 nitrogen and oxygen atoms in total. The van der Waals surface area contributed by atoms with Gasteiger partial charge in [0.05, 0.1) is 0 Å². The van der Waals surface area contributed by atoms with E-state index in [0.29, 0.717) is 11.3 Å². The third-order valence-electron chi connectivity index (χ3n) is 2.47. The lowest BCUT2D eigenvalue weighted by molar-refractivity contribution is -0.231. The Bertz CT molecular complexity index is 499. The van der Waals surface area contributed by atoms with Gasteiger partial charge in [-0.15, -0.1) is 5.17 Å². The molecule has 0 spiro atoms. The Morgan fingerprint density at radius 1 is 1.25 bits per heavy atom. The van der Waals surface area contributed by atoms with Crippen LogP contribution in [0.2, 0.25) is 0 Å². The van der Waals surface area contributed by atoms with Gasteiger partial charge < -0.3 is 4.79 Å². The molecule has 2 amide bonds. The Morgan fingerprint density at radius 2 is 1.90 bits per heavy atom. The van der Waals surface area contributed by atoms with E-state index < -0.39 is 18.4 Å². The fraction of sp³-hybridized carbons (Fsp3) is 0.214. The number of nitrogens with zero attached hydrogens (tertiary/aromatic N) is 2. The first-order chi connectivity index (χ1) is 9.60. The molecule has 0 atom stereocenters. The van der Waals surface area contributed by atoms with Crippen LogP contribution in [-0.4, -0.2) is 40.0 Å². The first-order valence-electron chi connectivity index (χ1n) is 6.10. The molecule has 0 unspecified atom stereocenters. The van der Waals surface area contributed by atoms with Crippen molar-refractivity contribution in [1.82, 2.24) is 10.2 Å². The number of carbonyl (C=O) groups excluding carboxylic acids is 3. The summed E-state index contributed by atoms with van der Waals surface area (Å²) < 4.78 is 0. The lowest BCUT2D eigenvalue weighted by Crippen LogP contribution is -2.47. The Morgan fingerprint density at radius 3 is 2.45 bits per heavy atom. The molecular weight excluding hydrogens is 260 g/mol. The van der Waals surface area contributed by atoms with Gasteiger partial charge in [0.15, 0.2) is 0 Å². The maximum Gasteiger partial charge on any atom is 0.267 e. The van der Waals surface area contributed by atoms with Crippen LogP contribution in [0.3, 0.4) is 0 Å². The maximum atomic E-state index is 11.9. The number of hydrogen-bond donors (Lipinski definition) is 1. The van der Waals surface area contributed by atoms with E-state index in [4.69, 9.17) is 0 Å². The minimum Gasteiger partial charge on any atom is -0.301 e. The highest BCUT2D eigenvalue weighted by molar-refractivity contribution is 5.93. The molecule has 106 valence electrons. The van der Waals surface area contributed by atoms with Crippen LogP contribution in [0, 0.1) is 0 Å². The summed E-state index contributed by atoms with van der Waals surface area (Å²) >= 11 is 0. The van der Waals surface area contributed by atoms with Crippen molar-refractivity contribution in [3.05, 3.63) is 42.0 Å². The second-order valence-electron chi connectivity index (χ2n) is 3.87. The minimum atomic E-state index is -0.673. The van der Waals surface area contributed by atoms with Gasteiger partial charge in [0.2, 0.25) is 0 Å². The molecule has 6 heteroatoms. The lowest BCUT2D eigenvalue weighted by atomic mass is 10.2. The molecule has 0 aliphatic heterocycles. The van der Waals surface area contributed by atoms with E-state index in [1.165, 1.54) is 19.1 Å². The van der Waals surface area contributed by atoms with Crippen LogP contribution >= 0.6 is 0 Å². The third kappa shape index (κ3) is 4.33. The number of amides is 2. The first-order valence-corrected chi connectivity index (χ1v) is 6.10. The highest BCUT2D eigenvalue weighted by atomic mass is 16.6. The molecule has 0 aliphatic carbocycles. The summed E-state index contributed by atoms with van der Waals surface area (Å²) in [6, 6.07) is 9.05. The fourth-order valence-corrected chi connectivity index (χ4v) is 1.43. The molecule has 0 saturated carbocycles. The normalized spacial score (nSPS) is 10.3. The molecule has 1 rings (SSSR count). The molecule has 0 saturated heterocycles. The van der Waals surface area contributed by atoms with Crippen molar-refractivity contribution in [3.63, 3.8) is 0 Å². The average molecular weight is 276 g/mol. The van der Waals surface area contributed by atoms with Gasteiger partial charge in [-0.05, 0) is 11.6 Å². The third-order valence-corrected chi connectivity index (χ3v) is 2.47. The van der Waals surface area contributed by atoms with Gasteiger partial charge in [0.1, 0.15) is 12.8 Å². The second-order valence-corrected chi connectivity index (χ2v) is 3.87. The SMILES string of the molecule is CCC(=O)N(O)N(CC=O)C(=O)C=Cc1ccccc1. The minimum absolute atomic E-state index is 0.0154. The van der Waals surface area contributed by atoms with Crippen molar-refractivity contribution in [3.8, 4) is 0 Å². The maximum absolute atomic E-state index is 11.9. The molecule has 1 N–H and O–H groups in total. The van der Waals surface area contributed by atoms with Crippen molar-refractivity contribution in [1.29, 1.82) is 0 Å². The van der Waals surface area contributed by atoms with Gasteiger partial charge >= 0.3 is 0 Å². The van der Waals surface area contributed by atoms with E-state index in [9.17, 15) is 19.6 Å². The zero-order chi connectivity index (χ0) is 15.0. The van der Waals surface area contributed by atoms with Crippen molar-refractivity contribution in [2.75, 3.05) is 6.54 Å². The summed E-state index contributed by atoms with van der Waals surface area (Å²) in [7, 11) is 0. The zero-order valence-corrected chi connectivity index (χ0v) is 11.1. The quantitative estimate of drug-likeness (QED) is 0.380. The second kappa shape index (κ2) is 7.85. The number of benzene rings is 1. The topological polar surface area (TPSA) is 77.9 Å². The van der Waals surface area contributed by atoms with Gasteiger partial charge in [-0.3, -0.25) is 14.8 Å². The summed E-state index contributed by atoms with van der Waals surface area (Å²) in [4.78, 5) is 33.8. The predicted molar refractivity (Wildman–Crippen MR) is 72.2 cm³/mol. The number of hydroxylamine groups is 1. The Balaban J connectivity index is 2.81. The average Bonchev–Trinajstić information content (AvgIpc) is 2.49. The summed E-state index contributed by atoms with van der Waals surface area (Å²) in [5.74, 6) is -1.33. The van der Waals surface area contributed by atoms with Gasteiger partial charge in [-0.1, -0.05) is 37.3 Å². The molecule has 0 fully saturated rings. The van der Waals surface area contributed by atoms with Crippen LogP contribution in [0.25, 0.3) is 6.08 Å². The molecule has 1 aromatic carbocycles. The zero-order valence-electron chi connectivity index (χ0n) is 11.1. The molecular formula is C14H16N2O4. The van der Waals surface area contributed by atoms with E-state index in [1.54, 1.807) is 12.1 Å². The molecule has 1 aromatic rings. The van der Waals surface area contributed by atoms with Crippen LogP contribution in [0.1, 0.15) is 18.9 Å². The van der Waals surface area contributed by atoms with E-state index in [2.05, 4.69) is 0 Å². The smallest absolute Gasteiger partial charge is 0.267 e. The summed E-state index contributed by atoms with van der Waals surface area (Å²) in [5, 5.41) is 10.4. The number of carbonyl (C=O) groups is 3. The molecule has 0 aromatic heterocycles. The molecule has 0 aliphatic rings. The van der Waals surface area contributed by atoms with Crippen LogP contribution in [0.15, 0.2) is 36.4 Å².